The third-order valence-corrected chi connectivity index (χ3v) is 8.58. The highest BCUT2D eigenvalue weighted by molar-refractivity contribution is 6.60. The van der Waals surface area contributed by atoms with Crippen LogP contribution >= 0.6 is 0 Å². The van der Waals surface area contributed by atoms with Crippen molar-refractivity contribution >= 4 is 40.5 Å². The Balaban J connectivity index is 1.38. The van der Waals surface area contributed by atoms with Crippen LogP contribution in [0.2, 0.25) is 0 Å². The summed E-state index contributed by atoms with van der Waals surface area (Å²) in [5.41, 5.74) is 3.89. The number of halogens is 2. The molecule has 5 heterocycles. The lowest BCUT2D eigenvalue weighted by molar-refractivity contribution is -0.0507. The molecule has 2 N–H and O–H groups in total. The smallest absolute Gasteiger partial charge is 0.387 e. The Labute approximate surface area is 238 Å². The number of hydrogen-bond acceptors (Lipinski definition) is 6. The van der Waals surface area contributed by atoms with Crippen LogP contribution in [-0.2, 0) is 5.60 Å². The van der Waals surface area contributed by atoms with E-state index in [1.54, 1.807) is 18.3 Å². The van der Waals surface area contributed by atoms with E-state index >= 15 is 0 Å². The number of rotatable bonds is 5. The Morgan fingerprint density at radius 3 is 2.61 bits per heavy atom. The highest BCUT2D eigenvalue weighted by atomic mass is 19.3. The minimum atomic E-state index is -3.02. The summed E-state index contributed by atoms with van der Waals surface area (Å²) < 4.78 is 34.1. The van der Waals surface area contributed by atoms with Gasteiger partial charge in [-0.05, 0) is 54.1 Å². The third kappa shape index (κ3) is 4.08. The van der Waals surface area contributed by atoms with E-state index < -0.39 is 23.5 Å². The molecule has 0 saturated carbocycles. The molecule has 13 heteroatoms. The molecule has 1 saturated heterocycles. The van der Waals surface area contributed by atoms with Crippen LogP contribution in [0, 0.1) is 0 Å². The van der Waals surface area contributed by atoms with E-state index in [9.17, 15) is 18.7 Å². The predicted molar refractivity (Wildman–Crippen MR) is 157 cm³/mol. The first-order valence-corrected chi connectivity index (χ1v) is 13.9. The zero-order valence-corrected chi connectivity index (χ0v) is 23.1. The first-order valence-electron chi connectivity index (χ1n) is 13.9. The van der Waals surface area contributed by atoms with E-state index in [0.29, 0.717) is 36.2 Å². The van der Waals surface area contributed by atoms with E-state index in [-0.39, 0.29) is 17.7 Å². The molecule has 3 atom stereocenters. The zero-order chi connectivity index (χ0) is 28.7. The maximum Gasteiger partial charge on any atom is 0.387 e. The number of aliphatic hydroxyl groups is 1. The SMILES string of the molecule is BC(B)(B)N1C(=O)c2cccc(OC(F)F)c2[C@H]2C[C@@H]1c1nc3ccc(-c4ccc(C5(O)CCNC5)nc4)cc3n12. The van der Waals surface area contributed by atoms with Crippen molar-refractivity contribution in [2.75, 3.05) is 13.1 Å². The summed E-state index contributed by atoms with van der Waals surface area (Å²) in [7, 11) is 5.92. The van der Waals surface area contributed by atoms with Gasteiger partial charge < -0.3 is 24.6 Å². The van der Waals surface area contributed by atoms with Gasteiger partial charge in [-0.15, -0.1) is 0 Å². The summed E-state index contributed by atoms with van der Waals surface area (Å²) in [6.07, 6.45) is 2.88. The van der Waals surface area contributed by atoms with Gasteiger partial charge in [0, 0.05) is 35.9 Å². The van der Waals surface area contributed by atoms with Gasteiger partial charge in [-0.1, -0.05) is 18.2 Å². The summed E-state index contributed by atoms with van der Waals surface area (Å²) >= 11 is 0. The molecule has 2 bridgehead atoms. The lowest BCUT2D eigenvalue weighted by atomic mass is 9.48. The van der Waals surface area contributed by atoms with Crippen molar-refractivity contribution in [1.82, 2.24) is 24.8 Å². The number of amides is 1. The number of carbonyl (C=O) groups is 1. The number of benzene rings is 2. The predicted octanol–water partition coefficient (Wildman–Crippen LogP) is 0.881. The van der Waals surface area contributed by atoms with E-state index in [1.165, 1.54) is 6.07 Å². The van der Waals surface area contributed by atoms with Crippen LogP contribution < -0.4 is 10.1 Å². The van der Waals surface area contributed by atoms with Gasteiger partial charge in [0.1, 0.15) is 40.7 Å². The Morgan fingerprint density at radius 2 is 1.93 bits per heavy atom. The van der Waals surface area contributed by atoms with Crippen molar-refractivity contribution in [1.29, 1.82) is 0 Å². The normalized spacial score (nSPS) is 23.6. The number of β-amino-alcohol motifs (C(OH)–C–C–N with tert-alkyl or cyclic N) is 1. The Hall–Kier alpha value is -3.70. The summed E-state index contributed by atoms with van der Waals surface area (Å²) in [5, 5.41) is 13.5. The molecule has 1 amide bonds. The van der Waals surface area contributed by atoms with Crippen molar-refractivity contribution in [3.63, 3.8) is 0 Å². The molecule has 4 aromatic rings. The molecule has 1 unspecified atom stereocenters. The summed E-state index contributed by atoms with van der Waals surface area (Å²) in [6.45, 7) is -1.80. The zero-order valence-electron chi connectivity index (χ0n) is 23.1. The number of aromatic nitrogens is 3. The maximum atomic E-state index is 13.9. The fraction of sp³-hybridized carbons (Fsp3) is 0.321. The van der Waals surface area contributed by atoms with E-state index in [4.69, 9.17) is 9.72 Å². The molecule has 2 aromatic heterocycles. The number of ether oxygens (including phenoxy) is 1. The highest BCUT2D eigenvalue weighted by Crippen LogP contribution is 2.51. The molecular formula is C28H28B3F2N5O3. The second-order valence-corrected chi connectivity index (χ2v) is 12.1. The highest BCUT2D eigenvalue weighted by Gasteiger charge is 2.48. The largest absolute Gasteiger partial charge is 0.434 e. The standard InChI is InChI=1S/C28H28B3F2N5O3/c29-28(30,31)38-20-11-19(23-16(25(38)39)2-1-3-21(23)41-26(32)33)37-18-10-14(4-6-17(18)36-24(20)37)15-5-7-22(35-12-15)27(40)8-9-34-13-27/h1-7,10,12,19-20,26,34,40H,8-9,11,13,29-31H2/t19-,20-,27?/m1/s1. The molecule has 0 radical (unpaired) electrons. The fourth-order valence-corrected chi connectivity index (χ4v) is 6.80. The van der Waals surface area contributed by atoms with Gasteiger partial charge in [-0.2, -0.15) is 8.78 Å². The molecule has 3 aliphatic rings. The topological polar surface area (TPSA) is 92.5 Å². The van der Waals surface area contributed by atoms with Crippen molar-refractivity contribution in [3.8, 4) is 16.9 Å². The quantitative estimate of drug-likeness (QED) is 0.357. The second kappa shape index (κ2) is 9.16. The van der Waals surface area contributed by atoms with Crippen LogP contribution in [0.4, 0.5) is 8.78 Å². The maximum absolute atomic E-state index is 13.9. The number of imidazole rings is 1. The third-order valence-electron chi connectivity index (χ3n) is 8.58. The Bertz CT molecular complexity index is 1690. The molecule has 1 fully saturated rings. The van der Waals surface area contributed by atoms with Gasteiger partial charge in [-0.25, -0.2) is 4.98 Å². The number of fused-ring (bicyclic) bond motifs is 9. The monoisotopic (exact) mass is 553 g/mol. The van der Waals surface area contributed by atoms with E-state index in [1.807, 2.05) is 58.8 Å². The lowest BCUT2D eigenvalue weighted by Crippen LogP contribution is -2.54. The number of nitrogens with one attached hydrogen (secondary N) is 1. The molecule has 2 aromatic carbocycles. The summed E-state index contributed by atoms with van der Waals surface area (Å²) in [6, 6.07) is 13.8. The van der Waals surface area contributed by atoms with Crippen molar-refractivity contribution in [2.24, 2.45) is 0 Å². The average molecular weight is 553 g/mol. The average Bonchev–Trinajstić information content (AvgIpc) is 3.60. The van der Waals surface area contributed by atoms with Crippen molar-refractivity contribution < 1.29 is 23.4 Å². The van der Waals surface area contributed by atoms with Crippen molar-refractivity contribution in [3.05, 3.63) is 77.4 Å². The molecule has 3 aliphatic heterocycles. The van der Waals surface area contributed by atoms with E-state index in [2.05, 4.69) is 14.9 Å². The number of carbonyl (C=O) groups excluding carboxylic acids is 1. The van der Waals surface area contributed by atoms with Crippen LogP contribution in [0.1, 0.15) is 52.4 Å². The first kappa shape index (κ1) is 26.2. The van der Waals surface area contributed by atoms with Gasteiger partial charge >= 0.3 is 6.61 Å². The van der Waals surface area contributed by atoms with Gasteiger partial charge in [0.25, 0.3) is 5.91 Å². The van der Waals surface area contributed by atoms with Crippen LogP contribution in [0.15, 0.2) is 54.7 Å². The lowest BCUT2D eigenvalue weighted by Gasteiger charge is -2.40. The molecule has 0 aliphatic carbocycles. The van der Waals surface area contributed by atoms with Crippen LogP contribution in [0.3, 0.4) is 0 Å². The Morgan fingerprint density at radius 1 is 1.12 bits per heavy atom. The number of pyridine rings is 1. The van der Waals surface area contributed by atoms with Crippen LogP contribution in [0.25, 0.3) is 22.2 Å². The molecule has 7 rings (SSSR count). The van der Waals surface area contributed by atoms with Gasteiger partial charge in [-0.3, -0.25) is 9.78 Å². The van der Waals surface area contributed by atoms with Gasteiger partial charge in [0.2, 0.25) is 0 Å². The number of alkyl halides is 2. The van der Waals surface area contributed by atoms with Gasteiger partial charge in [0.15, 0.2) is 0 Å². The minimum Gasteiger partial charge on any atom is -0.434 e. The fourth-order valence-electron chi connectivity index (χ4n) is 6.80. The van der Waals surface area contributed by atoms with Crippen molar-refractivity contribution in [2.45, 2.75) is 42.4 Å². The van der Waals surface area contributed by atoms with Gasteiger partial charge in [0.05, 0.1) is 28.8 Å². The molecule has 0 spiro atoms. The molecular weight excluding hydrogens is 525 g/mol. The number of nitrogens with zero attached hydrogens (tertiary/aromatic N) is 4. The molecule has 206 valence electrons. The van der Waals surface area contributed by atoms with Crippen LogP contribution in [-0.4, -0.2) is 78.9 Å². The molecule has 41 heavy (non-hydrogen) atoms. The Kier molecular flexibility index (Phi) is 5.85. The number of hydrogen-bond donors (Lipinski definition) is 2. The first-order chi connectivity index (χ1) is 19.5. The van der Waals surface area contributed by atoms with Crippen LogP contribution in [0.5, 0.6) is 5.75 Å². The van der Waals surface area contributed by atoms with E-state index in [0.717, 1.165) is 34.5 Å². The molecule has 8 nitrogen and oxygen atoms in total. The minimum absolute atomic E-state index is 0.00957. The second-order valence-electron chi connectivity index (χ2n) is 12.1. The summed E-state index contributed by atoms with van der Waals surface area (Å²) in [5.74, 6) is 0.520. The summed E-state index contributed by atoms with van der Waals surface area (Å²) in [4.78, 5) is 25.3.